The number of hydrogen-bond donors (Lipinski definition) is 1. The average molecular weight is 397 g/mol. The molecule has 2 rings (SSSR count). The van der Waals surface area contributed by atoms with Crippen LogP contribution in [0.15, 0.2) is 34.3 Å². The van der Waals surface area contributed by atoms with Crippen LogP contribution in [-0.2, 0) is 19.1 Å². The second-order valence-electron chi connectivity index (χ2n) is 6.95. The van der Waals surface area contributed by atoms with Crippen molar-refractivity contribution in [3.05, 3.63) is 39.9 Å². The lowest BCUT2D eigenvalue weighted by molar-refractivity contribution is -0.171. The number of ether oxygens (including phenoxy) is 2. The van der Waals surface area contributed by atoms with Gasteiger partial charge >= 0.3 is 11.9 Å². The van der Waals surface area contributed by atoms with Crippen LogP contribution in [-0.4, -0.2) is 35.9 Å². The van der Waals surface area contributed by atoms with E-state index in [0.717, 1.165) is 10.0 Å². The minimum Gasteiger partial charge on any atom is -0.461 e. The summed E-state index contributed by atoms with van der Waals surface area (Å²) < 4.78 is 11.5. The van der Waals surface area contributed by atoms with E-state index in [1.54, 1.807) is 26.8 Å². The number of aliphatic hydroxyl groups is 1. The molecule has 0 aliphatic carbocycles. The number of cyclic esters (lactones) is 1. The van der Waals surface area contributed by atoms with Crippen molar-refractivity contribution < 1.29 is 24.2 Å². The minimum absolute atomic E-state index is 0.164. The molecule has 6 heteroatoms. The van der Waals surface area contributed by atoms with Gasteiger partial charge in [-0.3, -0.25) is 4.79 Å². The van der Waals surface area contributed by atoms with Crippen molar-refractivity contribution in [2.24, 2.45) is 5.41 Å². The SMILES string of the molecule is CC(C)(C)C(=O)OCC1(CO)C/C(=C/c2ccc(Br)cc2)C(=O)O1. The van der Waals surface area contributed by atoms with Crippen molar-refractivity contribution >= 4 is 33.9 Å². The zero-order chi connectivity index (χ0) is 18.0. The molecule has 1 aromatic rings. The number of aliphatic hydroxyl groups excluding tert-OH is 1. The Morgan fingerprint density at radius 1 is 1.38 bits per heavy atom. The van der Waals surface area contributed by atoms with E-state index in [-0.39, 0.29) is 13.0 Å². The first-order valence-electron chi connectivity index (χ1n) is 7.63. The first kappa shape index (κ1) is 18.7. The molecule has 1 N–H and O–H groups in total. The summed E-state index contributed by atoms with van der Waals surface area (Å²) in [7, 11) is 0. The number of halogens is 1. The van der Waals surface area contributed by atoms with E-state index in [1.807, 2.05) is 24.3 Å². The van der Waals surface area contributed by atoms with E-state index in [9.17, 15) is 14.7 Å². The highest BCUT2D eigenvalue weighted by molar-refractivity contribution is 9.10. The van der Waals surface area contributed by atoms with Crippen LogP contribution in [0.3, 0.4) is 0 Å². The van der Waals surface area contributed by atoms with Gasteiger partial charge in [-0.25, -0.2) is 4.79 Å². The third-order valence-corrected chi connectivity index (χ3v) is 4.19. The zero-order valence-corrected chi connectivity index (χ0v) is 15.6. The lowest BCUT2D eigenvalue weighted by Gasteiger charge is -2.26. The Morgan fingerprint density at radius 3 is 2.54 bits per heavy atom. The average Bonchev–Trinajstić information content (AvgIpc) is 2.83. The van der Waals surface area contributed by atoms with E-state index >= 15 is 0 Å². The quantitative estimate of drug-likeness (QED) is 0.625. The zero-order valence-electron chi connectivity index (χ0n) is 14.0. The van der Waals surface area contributed by atoms with Gasteiger partial charge in [0.15, 0.2) is 5.60 Å². The summed E-state index contributed by atoms with van der Waals surface area (Å²) in [5, 5.41) is 9.67. The Balaban J connectivity index is 2.12. The Bertz CT molecular complexity index is 657. The first-order chi connectivity index (χ1) is 11.1. The Morgan fingerprint density at radius 2 is 2.00 bits per heavy atom. The van der Waals surface area contributed by atoms with Gasteiger partial charge in [0.25, 0.3) is 0 Å². The fraction of sp³-hybridized carbons (Fsp3) is 0.444. The lowest BCUT2D eigenvalue weighted by atomic mass is 9.96. The van der Waals surface area contributed by atoms with Gasteiger partial charge in [-0.05, 0) is 44.5 Å². The summed E-state index contributed by atoms with van der Waals surface area (Å²) in [5.74, 6) is -0.907. The molecule has 0 amide bonds. The molecule has 1 saturated heterocycles. The molecule has 0 spiro atoms. The van der Waals surface area contributed by atoms with Crippen LogP contribution in [0.5, 0.6) is 0 Å². The largest absolute Gasteiger partial charge is 0.461 e. The second kappa shape index (κ2) is 7.07. The molecular formula is C18H21BrO5. The van der Waals surface area contributed by atoms with Gasteiger partial charge in [0, 0.05) is 16.5 Å². The molecule has 1 aromatic carbocycles. The van der Waals surface area contributed by atoms with Crippen molar-refractivity contribution in [1.29, 1.82) is 0 Å². The standard InChI is InChI=1S/C18H21BrO5/c1-17(2,3)16(22)23-11-18(10-20)9-13(15(21)24-18)8-12-4-6-14(19)7-5-12/h4-8,20H,9-11H2,1-3H3/b13-8-. The summed E-state index contributed by atoms with van der Waals surface area (Å²) in [4.78, 5) is 24.0. The fourth-order valence-corrected chi connectivity index (χ4v) is 2.48. The van der Waals surface area contributed by atoms with E-state index in [4.69, 9.17) is 9.47 Å². The van der Waals surface area contributed by atoms with E-state index in [0.29, 0.717) is 5.57 Å². The molecule has 0 radical (unpaired) electrons. The van der Waals surface area contributed by atoms with E-state index in [1.165, 1.54) is 0 Å². The maximum atomic E-state index is 12.1. The summed E-state index contributed by atoms with van der Waals surface area (Å²) in [6.07, 6.45) is 1.91. The van der Waals surface area contributed by atoms with E-state index < -0.39 is 29.6 Å². The Kier molecular flexibility index (Phi) is 5.50. The molecule has 1 aliphatic heterocycles. The molecule has 1 unspecified atom stereocenters. The number of hydrogen-bond acceptors (Lipinski definition) is 5. The van der Waals surface area contributed by atoms with Gasteiger partial charge in [0.05, 0.1) is 12.0 Å². The molecule has 1 heterocycles. The number of carbonyl (C=O) groups is 2. The number of carbonyl (C=O) groups excluding carboxylic acids is 2. The molecule has 1 atom stereocenters. The van der Waals surface area contributed by atoms with Gasteiger partial charge in [0.2, 0.25) is 0 Å². The first-order valence-corrected chi connectivity index (χ1v) is 8.42. The molecule has 0 saturated carbocycles. The molecule has 1 fully saturated rings. The highest BCUT2D eigenvalue weighted by atomic mass is 79.9. The van der Waals surface area contributed by atoms with Crippen molar-refractivity contribution in [1.82, 2.24) is 0 Å². The smallest absolute Gasteiger partial charge is 0.334 e. The third kappa shape index (κ3) is 4.45. The third-order valence-electron chi connectivity index (χ3n) is 3.66. The summed E-state index contributed by atoms with van der Waals surface area (Å²) in [5.41, 5.74) is -0.571. The number of benzene rings is 1. The van der Waals surface area contributed by atoms with E-state index in [2.05, 4.69) is 15.9 Å². The molecule has 0 bridgehead atoms. The molecule has 24 heavy (non-hydrogen) atoms. The molecule has 130 valence electrons. The minimum atomic E-state index is -1.21. The maximum absolute atomic E-state index is 12.1. The highest BCUT2D eigenvalue weighted by Gasteiger charge is 2.45. The molecular weight excluding hydrogens is 376 g/mol. The van der Waals surface area contributed by atoms with Crippen molar-refractivity contribution in [2.75, 3.05) is 13.2 Å². The normalized spacial score (nSPS) is 22.5. The summed E-state index contributed by atoms with van der Waals surface area (Å²) >= 11 is 3.36. The number of esters is 2. The predicted octanol–water partition coefficient (Wildman–Crippen LogP) is 3.10. The van der Waals surface area contributed by atoms with Gasteiger partial charge in [-0.15, -0.1) is 0 Å². The second-order valence-corrected chi connectivity index (χ2v) is 7.87. The van der Waals surface area contributed by atoms with Gasteiger partial charge in [-0.2, -0.15) is 0 Å². The van der Waals surface area contributed by atoms with Gasteiger partial charge < -0.3 is 14.6 Å². The summed E-state index contributed by atoms with van der Waals surface area (Å²) in [6, 6.07) is 7.47. The van der Waals surface area contributed by atoms with Crippen molar-refractivity contribution in [3.63, 3.8) is 0 Å². The van der Waals surface area contributed by atoms with Crippen LogP contribution in [0.4, 0.5) is 0 Å². The van der Waals surface area contributed by atoms with Crippen LogP contribution >= 0.6 is 15.9 Å². The van der Waals surface area contributed by atoms with Crippen LogP contribution < -0.4 is 0 Å². The number of rotatable bonds is 4. The summed E-state index contributed by atoms with van der Waals surface area (Å²) in [6.45, 7) is 4.64. The Labute approximate surface area is 149 Å². The fourth-order valence-electron chi connectivity index (χ4n) is 2.22. The molecule has 0 aromatic heterocycles. The lowest BCUT2D eigenvalue weighted by Crippen LogP contribution is -2.40. The molecule has 1 aliphatic rings. The van der Waals surface area contributed by atoms with Crippen LogP contribution in [0, 0.1) is 5.41 Å². The molecule has 5 nitrogen and oxygen atoms in total. The van der Waals surface area contributed by atoms with Crippen molar-refractivity contribution in [2.45, 2.75) is 32.8 Å². The monoisotopic (exact) mass is 396 g/mol. The van der Waals surface area contributed by atoms with Crippen LogP contribution in [0.25, 0.3) is 6.08 Å². The van der Waals surface area contributed by atoms with Gasteiger partial charge in [-0.1, -0.05) is 28.1 Å². The predicted molar refractivity (Wildman–Crippen MR) is 93.1 cm³/mol. The van der Waals surface area contributed by atoms with Crippen LogP contribution in [0.2, 0.25) is 0 Å². The van der Waals surface area contributed by atoms with Gasteiger partial charge in [0.1, 0.15) is 6.61 Å². The van der Waals surface area contributed by atoms with Crippen molar-refractivity contribution in [3.8, 4) is 0 Å². The maximum Gasteiger partial charge on any atom is 0.334 e. The van der Waals surface area contributed by atoms with Crippen LogP contribution in [0.1, 0.15) is 32.8 Å². The highest BCUT2D eigenvalue weighted by Crippen LogP contribution is 2.33. The Hall–Kier alpha value is -1.66. The topological polar surface area (TPSA) is 72.8 Å².